The maximum atomic E-state index is 13.9. The first-order valence-corrected chi connectivity index (χ1v) is 20.4. The van der Waals surface area contributed by atoms with Gasteiger partial charge in [-0.3, -0.25) is 24.5 Å². The SMILES string of the molecule is COC1CCCC(C(=O)N(CCC(=O)O)CC(=O)N(CCC(C)C)CC(=O)C(NC2CCC(NC(=O)NC3CCCCC3C)CC2)SC)C1OC. The van der Waals surface area contributed by atoms with E-state index in [9.17, 15) is 29.1 Å². The lowest BCUT2D eigenvalue weighted by atomic mass is 9.83. The second-order valence-electron chi connectivity index (χ2n) is 15.2. The van der Waals surface area contributed by atoms with Crippen LogP contribution in [0.25, 0.3) is 0 Å². The lowest BCUT2D eigenvalue weighted by molar-refractivity contribution is -0.154. The molecule has 3 rings (SSSR count). The van der Waals surface area contributed by atoms with Crippen LogP contribution in [0.15, 0.2) is 0 Å². The van der Waals surface area contributed by atoms with Gasteiger partial charge in [-0.25, -0.2) is 4.79 Å². The molecule has 292 valence electrons. The molecule has 4 N–H and O–H groups in total. The number of hydrogen-bond donors (Lipinski definition) is 4. The number of urea groups is 1. The third-order valence-corrected chi connectivity index (χ3v) is 11.8. The molecule has 6 atom stereocenters. The minimum atomic E-state index is -1.06. The van der Waals surface area contributed by atoms with E-state index in [1.165, 1.54) is 35.1 Å². The van der Waals surface area contributed by atoms with Crippen LogP contribution < -0.4 is 16.0 Å². The second-order valence-corrected chi connectivity index (χ2v) is 16.1. The number of aliphatic carboxylic acids is 1. The van der Waals surface area contributed by atoms with Crippen molar-refractivity contribution in [1.29, 1.82) is 0 Å². The first kappa shape index (κ1) is 43.0. The summed E-state index contributed by atoms with van der Waals surface area (Å²) >= 11 is 1.40. The number of carbonyl (C=O) groups is 5. The Balaban J connectivity index is 1.60. The number of Topliss-reactive ketones (excluding diaryl/α,β-unsaturated/α-hetero) is 1. The van der Waals surface area contributed by atoms with Crippen LogP contribution in [0.5, 0.6) is 0 Å². The van der Waals surface area contributed by atoms with Crippen molar-refractivity contribution in [2.24, 2.45) is 17.8 Å². The quantitative estimate of drug-likeness (QED) is 0.142. The van der Waals surface area contributed by atoms with Crippen molar-refractivity contribution in [2.45, 2.75) is 140 Å². The summed E-state index contributed by atoms with van der Waals surface area (Å²) in [5, 5.41) is 18.8. The highest BCUT2D eigenvalue weighted by Crippen LogP contribution is 2.31. The van der Waals surface area contributed by atoms with Gasteiger partial charge in [-0.2, -0.15) is 0 Å². The average Bonchev–Trinajstić information content (AvgIpc) is 3.11. The lowest BCUT2D eigenvalue weighted by Gasteiger charge is -2.38. The third-order valence-electron chi connectivity index (χ3n) is 11.0. The molecule has 14 heteroatoms. The molecular weight excluding hydrogens is 675 g/mol. The van der Waals surface area contributed by atoms with E-state index >= 15 is 0 Å². The molecule has 3 aliphatic rings. The molecule has 0 aromatic rings. The summed E-state index contributed by atoms with van der Waals surface area (Å²) < 4.78 is 11.2. The predicted molar refractivity (Wildman–Crippen MR) is 198 cm³/mol. The molecule has 0 aromatic carbocycles. The van der Waals surface area contributed by atoms with Gasteiger partial charge in [0.25, 0.3) is 0 Å². The summed E-state index contributed by atoms with van der Waals surface area (Å²) in [7, 11) is 3.11. The molecule has 0 radical (unpaired) electrons. The third kappa shape index (κ3) is 13.8. The normalized spacial score (nSPS) is 27.3. The fraction of sp³-hybridized carbons (Fsp3) is 0.865. The smallest absolute Gasteiger partial charge is 0.315 e. The molecule has 0 aliphatic heterocycles. The van der Waals surface area contributed by atoms with Crippen LogP contribution in [0.2, 0.25) is 0 Å². The molecule has 0 saturated heterocycles. The Morgan fingerprint density at radius 3 is 2.12 bits per heavy atom. The number of carboxylic acids is 1. The number of nitrogens with one attached hydrogen (secondary N) is 3. The van der Waals surface area contributed by atoms with Crippen LogP contribution in [0.4, 0.5) is 4.79 Å². The van der Waals surface area contributed by atoms with Gasteiger partial charge in [0.15, 0.2) is 5.78 Å². The van der Waals surface area contributed by atoms with Crippen LogP contribution in [0.1, 0.15) is 104 Å². The van der Waals surface area contributed by atoms with Gasteiger partial charge in [0.1, 0.15) is 5.37 Å². The molecule has 0 bridgehead atoms. The van der Waals surface area contributed by atoms with E-state index in [4.69, 9.17) is 9.47 Å². The molecule has 51 heavy (non-hydrogen) atoms. The average molecular weight is 740 g/mol. The van der Waals surface area contributed by atoms with Gasteiger partial charge in [0, 0.05) is 45.4 Å². The number of carbonyl (C=O) groups excluding carboxylic acids is 4. The number of ether oxygens (including phenoxy) is 2. The van der Waals surface area contributed by atoms with E-state index in [1.807, 2.05) is 20.1 Å². The van der Waals surface area contributed by atoms with Gasteiger partial charge in [-0.1, -0.05) is 33.6 Å². The predicted octanol–water partition coefficient (Wildman–Crippen LogP) is 4.03. The van der Waals surface area contributed by atoms with Crippen molar-refractivity contribution in [1.82, 2.24) is 25.8 Å². The van der Waals surface area contributed by atoms with Gasteiger partial charge in [-0.05, 0) is 82.3 Å². The van der Waals surface area contributed by atoms with Crippen molar-refractivity contribution in [3.8, 4) is 0 Å². The molecule has 0 aromatic heterocycles. The van der Waals surface area contributed by atoms with E-state index in [0.29, 0.717) is 25.3 Å². The van der Waals surface area contributed by atoms with Crippen molar-refractivity contribution >= 4 is 41.4 Å². The number of thioether (sulfide) groups is 1. The van der Waals surface area contributed by atoms with Gasteiger partial charge < -0.3 is 35.0 Å². The fourth-order valence-corrected chi connectivity index (χ4v) is 8.43. The summed E-state index contributed by atoms with van der Waals surface area (Å²) in [5.74, 6) is -1.70. The Labute approximate surface area is 309 Å². The molecule has 4 amide bonds. The van der Waals surface area contributed by atoms with Crippen molar-refractivity contribution in [2.75, 3.05) is 46.7 Å². The molecule has 0 heterocycles. The minimum Gasteiger partial charge on any atom is -0.481 e. The summed E-state index contributed by atoms with van der Waals surface area (Å²) in [4.78, 5) is 68.6. The Hall–Kier alpha value is -2.42. The molecule has 6 unspecified atom stereocenters. The van der Waals surface area contributed by atoms with Gasteiger partial charge in [0.2, 0.25) is 11.8 Å². The van der Waals surface area contributed by atoms with E-state index in [-0.39, 0.29) is 79.8 Å². The molecular formula is C37H65N5O8S. The van der Waals surface area contributed by atoms with Crippen LogP contribution in [0.3, 0.4) is 0 Å². The fourth-order valence-electron chi connectivity index (χ4n) is 7.77. The van der Waals surface area contributed by atoms with Crippen molar-refractivity contribution in [3.05, 3.63) is 0 Å². The zero-order chi connectivity index (χ0) is 37.5. The van der Waals surface area contributed by atoms with Crippen LogP contribution in [-0.2, 0) is 28.7 Å². The lowest BCUT2D eigenvalue weighted by Crippen LogP contribution is -2.53. The van der Waals surface area contributed by atoms with Crippen LogP contribution in [0, 0.1) is 17.8 Å². The summed E-state index contributed by atoms with van der Waals surface area (Å²) in [6.45, 7) is 6.09. The van der Waals surface area contributed by atoms with Crippen LogP contribution in [-0.4, -0.2) is 127 Å². The molecule has 0 spiro atoms. The van der Waals surface area contributed by atoms with Crippen LogP contribution >= 0.6 is 11.8 Å². The summed E-state index contributed by atoms with van der Waals surface area (Å²) in [5.41, 5.74) is 0. The summed E-state index contributed by atoms with van der Waals surface area (Å²) in [6.07, 6.45) is 11.3. The highest BCUT2D eigenvalue weighted by atomic mass is 32.2. The second kappa shape index (κ2) is 21.9. The van der Waals surface area contributed by atoms with E-state index in [0.717, 1.165) is 57.8 Å². The first-order valence-electron chi connectivity index (χ1n) is 19.1. The number of amides is 4. The first-order chi connectivity index (χ1) is 24.4. The van der Waals surface area contributed by atoms with Gasteiger partial charge in [-0.15, -0.1) is 11.8 Å². The largest absolute Gasteiger partial charge is 0.481 e. The molecule has 3 saturated carbocycles. The number of ketones is 1. The summed E-state index contributed by atoms with van der Waals surface area (Å²) in [6, 6.07) is 0.339. The minimum absolute atomic E-state index is 0.0897. The monoisotopic (exact) mass is 739 g/mol. The zero-order valence-electron chi connectivity index (χ0n) is 31.8. The van der Waals surface area contributed by atoms with E-state index in [1.54, 1.807) is 7.11 Å². The Morgan fingerprint density at radius 2 is 1.51 bits per heavy atom. The Bertz CT molecular complexity index is 1140. The highest BCUT2D eigenvalue weighted by Gasteiger charge is 2.41. The zero-order valence-corrected chi connectivity index (χ0v) is 32.6. The van der Waals surface area contributed by atoms with E-state index in [2.05, 4.69) is 22.9 Å². The molecule has 13 nitrogen and oxygen atoms in total. The Morgan fingerprint density at radius 1 is 0.824 bits per heavy atom. The number of methoxy groups -OCH3 is 2. The highest BCUT2D eigenvalue weighted by molar-refractivity contribution is 7.99. The van der Waals surface area contributed by atoms with Crippen molar-refractivity contribution < 1.29 is 38.6 Å². The molecule has 3 aliphatic carbocycles. The topological polar surface area (TPSA) is 167 Å². The standard InChI is InChI=1S/C37H65N5O8S/c1-24(2)18-20-41(32(44)23-42(21-19-33(45)46)36(47)28-11-9-13-31(49-4)34(28)50-5)22-30(43)35(51-6)38-26-14-16-27(17-15-26)39-37(48)40-29-12-8-7-10-25(29)3/h24-29,31,34-35,38H,7-23H2,1-6H3,(H,45,46)(H2,39,40,48). The number of nitrogens with zero attached hydrogens (tertiary/aromatic N) is 2. The number of carboxylic acid groups (broad SMARTS) is 1. The van der Waals surface area contributed by atoms with Gasteiger partial charge >= 0.3 is 12.0 Å². The van der Waals surface area contributed by atoms with Crippen molar-refractivity contribution in [3.63, 3.8) is 0 Å². The number of hydrogen-bond acceptors (Lipinski definition) is 9. The number of rotatable bonds is 19. The maximum Gasteiger partial charge on any atom is 0.315 e. The van der Waals surface area contributed by atoms with Gasteiger partial charge in [0.05, 0.1) is 37.6 Å². The van der Waals surface area contributed by atoms with E-state index < -0.39 is 23.4 Å². The molecule has 3 fully saturated rings. The Kier molecular flexibility index (Phi) is 18.5. The maximum absolute atomic E-state index is 13.9.